The molecule has 0 N–H and O–H groups in total. The molecule has 0 saturated carbocycles. The van der Waals surface area contributed by atoms with Gasteiger partial charge in [0.1, 0.15) is 11.5 Å². The molecule has 3 rings (SSSR count). The molecule has 3 aromatic rings. The first kappa shape index (κ1) is 28.8. The van der Waals surface area contributed by atoms with Crippen LogP contribution < -0.4 is 9.47 Å². The Balaban J connectivity index is 1.71. The molecule has 0 bridgehead atoms. The van der Waals surface area contributed by atoms with Gasteiger partial charge in [-0.2, -0.15) is 0 Å². The van der Waals surface area contributed by atoms with Crippen LogP contribution in [0.25, 0.3) is 0 Å². The number of rotatable bonds is 15. The molecular weight excluding hydrogens is 480 g/mol. The molecule has 7 heteroatoms. The Hall–Kier alpha value is -3.74. The van der Waals surface area contributed by atoms with Gasteiger partial charge >= 0.3 is 0 Å². The fraction of sp³-hybridized carbons (Fsp3) is 0.419. The average Bonchev–Trinajstić information content (AvgIpc) is 3.36. The fourth-order valence-corrected chi connectivity index (χ4v) is 4.31. The normalized spacial score (nSPS) is 10.7. The van der Waals surface area contributed by atoms with Crippen LogP contribution in [0, 0.1) is 6.92 Å². The van der Waals surface area contributed by atoms with Gasteiger partial charge < -0.3 is 23.7 Å². The largest absolute Gasteiger partial charge is 0.493 e. The minimum Gasteiger partial charge on any atom is -0.493 e. The highest BCUT2D eigenvalue weighted by molar-refractivity contribution is 5.85. The molecule has 7 nitrogen and oxygen atoms in total. The predicted molar refractivity (Wildman–Crippen MR) is 148 cm³/mol. The quantitative estimate of drug-likeness (QED) is 0.267. The van der Waals surface area contributed by atoms with Gasteiger partial charge in [0.2, 0.25) is 11.8 Å². The van der Waals surface area contributed by atoms with Crippen molar-refractivity contribution in [3.63, 3.8) is 0 Å². The lowest BCUT2D eigenvalue weighted by Crippen LogP contribution is -2.43. The maximum Gasteiger partial charge on any atom is 0.242 e. The van der Waals surface area contributed by atoms with Crippen molar-refractivity contribution in [3.05, 3.63) is 83.3 Å². The molecule has 0 fully saturated rings. The lowest BCUT2D eigenvalue weighted by Gasteiger charge is -2.27. The molecule has 0 saturated heterocycles. The van der Waals surface area contributed by atoms with Crippen molar-refractivity contribution in [1.29, 1.82) is 0 Å². The van der Waals surface area contributed by atoms with Crippen LogP contribution in [0.3, 0.4) is 0 Å². The summed E-state index contributed by atoms with van der Waals surface area (Å²) in [4.78, 5) is 30.3. The highest BCUT2D eigenvalue weighted by atomic mass is 16.5. The zero-order valence-electron chi connectivity index (χ0n) is 23.1. The Bertz CT molecular complexity index is 1160. The van der Waals surface area contributed by atoms with Crippen molar-refractivity contribution in [2.45, 2.75) is 52.5 Å². The lowest BCUT2D eigenvalue weighted by molar-refractivity contribution is -0.141. The minimum absolute atomic E-state index is 0.00402. The van der Waals surface area contributed by atoms with Gasteiger partial charge in [-0.1, -0.05) is 49.7 Å². The predicted octanol–water partition coefficient (Wildman–Crippen LogP) is 5.44. The van der Waals surface area contributed by atoms with Crippen molar-refractivity contribution < 1.29 is 23.5 Å². The van der Waals surface area contributed by atoms with Crippen molar-refractivity contribution in [3.8, 4) is 11.5 Å². The van der Waals surface area contributed by atoms with E-state index in [0.29, 0.717) is 50.4 Å². The zero-order chi connectivity index (χ0) is 27.3. The number of unbranched alkanes of at least 4 members (excludes halogenated alkanes) is 1. The molecule has 0 unspecified atom stereocenters. The topological polar surface area (TPSA) is 72.2 Å². The van der Waals surface area contributed by atoms with Crippen LogP contribution in [0.2, 0.25) is 0 Å². The first-order valence-corrected chi connectivity index (χ1v) is 13.3. The molecule has 2 amide bonds. The molecule has 0 aliphatic heterocycles. The first-order chi connectivity index (χ1) is 18.4. The molecule has 2 aromatic carbocycles. The second-order valence-corrected chi connectivity index (χ2v) is 9.42. The highest BCUT2D eigenvalue weighted by Gasteiger charge is 2.22. The van der Waals surface area contributed by atoms with Gasteiger partial charge in [-0.3, -0.25) is 9.59 Å². The van der Waals surface area contributed by atoms with Gasteiger partial charge in [0.15, 0.2) is 11.5 Å². The third-order valence-electron chi connectivity index (χ3n) is 6.54. The Kier molecular flexibility index (Phi) is 11.3. The third-order valence-corrected chi connectivity index (χ3v) is 6.54. The number of ether oxygens (including phenoxy) is 2. The molecule has 0 radical (unpaired) electrons. The molecule has 1 heterocycles. The van der Waals surface area contributed by atoms with Crippen molar-refractivity contribution in [2.75, 3.05) is 33.9 Å². The van der Waals surface area contributed by atoms with E-state index in [4.69, 9.17) is 13.9 Å². The van der Waals surface area contributed by atoms with E-state index in [0.717, 1.165) is 35.5 Å². The number of nitrogens with zero attached hydrogens (tertiary/aromatic N) is 2. The summed E-state index contributed by atoms with van der Waals surface area (Å²) in [6.07, 6.45) is 3.47. The summed E-state index contributed by atoms with van der Waals surface area (Å²) in [6.45, 7) is 5.42. The van der Waals surface area contributed by atoms with E-state index in [1.165, 1.54) is 0 Å². The number of benzene rings is 2. The smallest absolute Gasteiger partial charge is 0.242 e. The van der Waals surface area contributed by atoms with Gasteiger partial charge in [-0.25, -0.2) is 0 Å². The van der Waals surface area contributed by atoms with Crippen LogP contribution in [-0.2, 0) is 29.0 Å². The number of aryl methyl sites for hydroxylation is 2. The molecule has 38 heavy (non-hydrogen) atoms. The van der Waals surface area contributed by atoms with E-state index in [1.54, 1.807) is 24.0 Å². The van der Waals surface area contributed by atoms with Crippen LogP contribution in [0.5, 0.6) is 11.5 Å². The van der Waals surface area contributed by atoms with Crippen LogP contribution >= 0.6 is 0 Å². The third kappa shape index (κ3) is 8.68. The highest BCUT2D eigenvalue weighted by Crippen LogP contribution is 2.28. The maximum atomic E-state index is 13.6. The summed E-state index contributed by atoms with van der Waals surface area (Å²) in [5.41, 5.74) is 2.14. The molecule has 0 aliphatic carbocycles. The van der Waals surface area contributed by atoms with Gasteiger partial charge in [-0.15, -0.1) is 0 Å². The number of carbonyl (C=O) groups excluding carboxylic acids is 2. The van der Waals surface area contributed by atoms with Gasteiger partial charge in [0.25, 0.3) is 0 Å². The summed E-state index contributed by atoms with van der Waals surface area (Å²) in [6, 6.07) is 19.5. The van der Waals surface area contributed by atoms with Gasteiger partial charge in [0, 0.05) is 19.5 Å². The summed E-state index contributed by atoms with van der Waals surface area (Å²) in [7, 11) is 3.21. The number of amides is 2. The monoisotopic (exact) mass is 520 g/mol. The minimum atomic E-state index is -0.0938. The Morgan fingerprint density at radius 2 is 1.58 bits per heavy atom. The Morgan fingerprint density at radius 3 is 2.24 bits per heavy atom. The SMILES string of the molecule is CCCCN(CC(=O)N(CCc1ccc(OC)c(OC)c1)Cc1ccc(C)o1)C(=O)CCc1ccccc1. The van der Waals surface area contributed by atoms with E-state index in [1.807, 2.05) is 67.6 Å². The Morgan fingerprint density at radius 1 is 0.816 bits per heavy atom. The summed E-state index contributed by atoms with van der Waals surface area (Å²) < 4.78 is 16.6. The average molecular weight is 521 g/mol. The van der Waals surface area contributed by atoms with E-state index < -0.39 is 0 Å². The molecule has 0 spiro atoms. The summed E-state index contributed by atoms with van der Waals surface area (Å²) in [5.74, 6) is 2.75. The molecule has 0 atom stereocenters. The van der Waals surface area contributed by atoms with Crippen molar-refractivity contribution >= 4 is 11.8 Å². The van der Waals surface area contributed by atoms with Crippen molar-refractivity contribution in [2.24, 2.45) is 0 Å². The number of hydrogen-bond acceptors (Lipinski definition) is 5. The summed E-state index contributed by atoms with van der Waals surface area (Å²) in [5, 5.41) is 0. The molecule has 204 valence electrons. The van der Waals surface area contributed by atoms with E-state index in [2.05, 4.69) is 6.92 Å². The zero-order valence-corrected chi connectivity index (χ0v) is 23.1. The number of carbonyl (C=O) groups is 2. The number of furan rings is 1. The van der Waals surface area contributed by atoms with Gasteiger partial charge in [0.05, 0.1) is 27.3 Å². The van der Waals surface area contributed by atoms with Crippen LogP contribution in [0.4, 0.5) is 0 Å². The second-order valence-electron chi connectivity index (χ2n) is 9.42. The molecule has 0 aliphatic rings. The lowest BCUT2D eigenvalue weighted by atomic mass is 10.1. The standard InChI is InChI=1S/C31H40N2O5/c1-5-6-19-32(30(34)17-14-25-10-8-7-9-11-25)23-31(35)33(22-27-15-12-24(2)38-27)20-18-26-13-16-28(36-3)29(21-26)37-4/h7-13,15-16,21H,5-6,14,17-20,22-23H2,1-4H3. The van der Waals surface area contributed by atoms with Crippen molar-refractivity contribution in [1.82, 2.24) is 9.80 Å². The second kappa shape index (κ2) is 14.9. The van der Waals surface area contributed by atoms with Crippen LogP contribution in [0.1, 0.15) is 48.8 Å². The van der Waals surface area contributed by atoms with E-state index in [-0.39, 0.29) is 18.4 Å². The summed E-state index contributed by atoms with van der Waals surface area (Å²) >= 11 is 0. The van der Waals surface area contributed by atoms with E-state index in [9.17, 15) is 9.59 Å². The van der Waals surface area contributed by atoms with Crippen LogP contribution in [-0.4, -0.2) is 55.5 Å². The maximum absolute atomic E-state index is 13.6. The number of hydrogen-bond donors (Lipinski definition) is 0. The number of methoxy groups -OCH3 is 2. The van der Waals surface area contributed by atoms with E-state index >= 15 is 0 Å². The van der Waals surface area contributed by atoms with Gasteiger partial charge in [-0.05, 0) is 61.6 Å². The van der Waals surface area contributed by atoms with Crippen LogP contribution in [0.15, 0.2) is 65.1 Å². The molecule has 1 aromatic heterocycles. The first-order valence-electron chi connectivity index (χ1n) is 13.3. The Labute approximate surface area is 226 Å². The fourth-order valence-electron chi connectivity index (χ4n) is 4.31. The molecular formula is C31H40N2O5.